The molecule has 3 heteroatoms. The second-order valence-corrected chi connectivity index (χ2v) is 5.46. The number of pyridine rings is 1. The van der Waals surface area contributed by atoms with Gasteiger partial charge in [-0.1, -0.05) is 36.4 Å². The van der Waals surface area contributed by atoms with Crippen LogP contribution < -0.4 is 4.90 Å². The van der Waals surface area contributed by atoms with E-state index < -0.39 is 0 Å². The molecular formula is C20H18N2O. The number of aromatic nitrogens is 1. The molecule has 2 aromatic carbocycles. The first-order chi connectivity index (χ1) is 11.2. The summed E-state index contributed by atoms with van der Waals surface area (Å²) in [5.41, 5.74) is 3.69. The lowest BCUT2D eigenvalue weighted by molar-refractivity contribution is 0.0985. The molecule has 23 heavy (non-hydrogen) atoms. The average Bonchev–Trinajstić information content (AvgIpc) is 2.61. The summed E-state index contributed by atoms with van der Waals surface area (Å²) < 4.78 is 0. The molecule has 0 aliphatic heterocycles. The first-order valence-electron chi connectivity index (χ1n) is 7.56. The summed E-state index contributed by atoms with van der Waals surface area (Å²) >= 11 is 0. The zero-order valence-corrected chi connectivity index (χ0v) is 13.0. The summed E-state index contributed by atoms with van der Waals surface area (Å²) in [5, 5.41) is 0. The number of hydrogen-bond donors (Lipinski definition) is 0. The van der Waals surface area contributed by atoms with E-state index in [2.05, 4.69) is 4.98 Å². The number of nitrogens with zero attached hydrogens (tertiary/aromatic N) is 2. The third-order valence-electron chi connectivity index (χ3n) is 3.64. The second kappa shape index (κ2) is 6.88. The lowest BCUT2D eigenvalue weighted by atomic mass is 10.1. The minimum absolute atomic E-state index is 0.0138. The predicted octanol–water partition coefficient (Wildman–Crippen LogP) is 4.24. The summed E-state index contributed by atoms with van der Waals surface area (Å²) in [6.45, 7) is 2.52. The highest BCUT2D eigenvalue weighted by Gasteiger charge is 2.18. The van der Waals surface area contributed by atoms with Gasteiger partial charge in [0.2, 0.25) is 0 Å². The zero-order chi connectivity index (χ0) is 16.1. The molecule has 0 aliphatic rings. The van der Waals surface area contributed by atoms with Crippen LogP contribution in [-0.4, -0.2) is 10.9 Å². The van der Waals surface area contributed by atoms with Gasteiger partial charge in [0.05, 0.1) is 6.54 Å². The fourth-order valence-corrected chi connectivity index (χ4v) is 2.49. The van der Waals surface area contributed by atoms with Crippen LogP contribution in [0, 0.1) is 6.92 Å². The molecule has 114 valence electrons. The number of anilines is 1. The Morgan fingerprint density at radius 3 is 2.52 bits per heavy atom. The van der Waals surface area contributed by atoms with Crippen LogP contribution in [0.25, 0.3) is 0 Å². The Kier molecular flexibility index (Phi) is 4.48. The predicted molar refractivity (Wildman–Crippen MR) is 92.4 cm³/mol. The minimum atomic E-state index is -0.0138. The van der Waals surface area contributed by atoms with E-state index in [-0.39, 0.29) is 5.91 Å². The summed E-state index contributed by atoms with van der Waals surface area (Å²) in [4.78, 5) is 18.9. The van der Waals surface area contributed by atoms with Crippen molar-refractivity contribution in [3.8, 4) is 0 Å². The van der Waals surface area contributed by atoms with Crippen molar-refractivity contribution < 1.29 is 4.79 Å². The third-order valence-corrected chi connectivity index (χ3v) is 3.64. The van der Waals surface area contributed by atoms with Gasteiger partial charge in [0, 0.05) is 23.6 Å². The molecule has 0 unspecified atom stereocenters. The molecule has 3 aromatic rings. The van der Waals surface area contributed by atoms with Crippen LogP contribution >= 0.6 is 0 Å². The van der Waals surface area contributed by atoms with Gasteiger partial charge in [-0.2, -0.15) is 0 Å². The lowest BCUT2D eigenvalue weighted by Crippen LogP contribution is -2.30. The van der Waals surface area contributed by atoms with E-state index in [1.165, 1.54) is 0 Å². The van der Waals surface area contributed by atoms with Crippen LogP contribution in [-0.2, 0) is 6.54 Å². The van der Waals surface area contributed by atoms with Crippen molar-refractivity contribution in [2.75, 3.05) is 4.90 Å². The van der Waals surface area contributed by atoms with E-state index in [4.69, 9.17) is 0 Å². The Bertz CT molecular complexity index is 785. The van der Waals surface area contributed by atoms with Gasteiger partial charge in [0.25, 0.3) is 5.91 Å². The summed E-state index contributed by atoms with van der Waals surface area (Å²) in [5.74, 6) is -0.0138. The molecule has 0 spiro atoms. The van der Waals surface area contributed by atoms with Gasteiger partial charge in [-0.15, -0.1) is 0 Å². The molecule has 3 nitrogen and oxygen atoms in total. The highest BCUT2D eigenvalue weighted by molar-refractivity contribution is 6.06. The molecule has 1 amide bonds. The Morgan fingerprint density at radius 1 is 1.00 bits per heavy atom. The average molecular weight is 302 g/mol. The number of carbonyl (C=O) groups excluding carboxylic acids is 1. The van der Waals surface area contributed by atoms with Crippen molar-refractivity contribution in [3.63, 3.8) is 0 Å². The van der Waals surface area contributed by atoms with Gasteiger partial charge >= 0.3 is 0 Å². The molecule has 0 saturated heterocycles. The molecule has 3 rings (SSSR count). The van der Waals surface area contributed by atoms with Crippen molar-refractivity contribution in [1.82, 2.24) is 4.98 Å². The fraction of sp³-hybridized carbons (Fsp3) is 0.100. The maximum atomic E-state index is 13.0. The number of hydrogen-bond acceptors (Lipinski definition) is 2. The number of carbonyl (C=O) groups is 1. The monoisotopic (exact) mass is 302 g/mol. The first-order valence-corrected chi connectivity index (χ1v) is 7.56. The molecule has 0 radical (unpaired) electrons. The molecule has 1 aromatic heterocycles. The number of amides is 1. The van der Waals surface area contributed by atoms with Crippen LogP contribution in [0.1, 0.15) is 21.5 Å². The highest BCUT2D eigenvalue weighted by Crippen LogP contribution is 2.21. The molecule has 1 heterocycles. The zero-order valence-electron chi connectivity index (χ0n) is 13.0. The summed E-state index contributed by atoms with van der Waals surface area (Å²) in [6.07, 6.45) is 3.53. The first kappa shape index (κ1) is 15.0. The van der Waals surface area contributed by atoms with Crippen molar-refractivity contribution in [2.24, 2.45) is 0 Å². The van der Waals surface area contributed by atoms with Gasteiger partial charge in [-0.05, 0) is 48.4 Å². The van der Waals surface area contributed by atoms with Crippen LogP contribution in [0.5, 0.6) is 0 Å². The standard InChI is InChI=1S/C20H18N2O/c1-16-7-5-11-19(13-16)22(15-17-8-6-12-21-14-17)20(23)18-9-3-2-4-10-18/h2-14H,15H2,1H3. The number of aryl methyl sites for hydroxylation is 1. The van der Waals surface area contributed by atoms with Crippen LogP contribution in [0.3, 0.4) is 0 Å². The Labute approximate surface area is 136 Å². The normalized spacial score (nSPS) is 10.3. The SMILES string of the molecule is Cc1cccc(N(Cc2cccnc2)C(=O)c2ccccc2)c1. The third kappa shape index (κ3) is 3.64. The smallest absolute Gasteiger partial charge is 0.258 e. The molecule has 0 bridgehead atoms. The quantitative estimate of drug-likeness (QED) is 0.722. The highest BCUT2D eigenvalue weighted by atomic mass is 16.2. The largest absolute Gasteiger partial charge is 0.304 e. The molecule has 0 N–H and O–H groups in total. The van der Waals surface area contributed by atoms with Gasteiger partial charge in [-0.3, -0.25) is 9.78 Å². The van der Waals surface area contributed by atoms with E-state index in [9.17, 15) is 4.79 Å². The molecule has 0 fully saturated rings. The lowest BCUT2D eigenvalue weighted by Gasteiger charge is -2.23. The van der Waals surface area contributed by atoms with E-state index in [0.717, 1.165) is 16.8 Å². The van der Waals surface area contributed by atoms with E-state index in [0.29, 0.717) is 12.1 Å². The Balaban J connectivity index is 1.98. The van der Waals surface area contributed by atoms with E-state index in [1.807, 2.05) is 73.7 Å². The number of rotatable bonds is 4. The Hall–Kier alpha value is -2.94. The molecule has 0 aliphatic carbocycles. The van der Waals surface area contributed by atoms with Crippen LogP contribution in [0.4, 0.5) is 5.69 Å². The summed E-state index contributed by atoms with van der Waals surface area (Å²) in [7, 11) is 0. The van der Waals surface area contributed by atoms with E-state index >= 15 is 0 Å². The molecular weight excluding hydrogens is 284 g/mol. The van der Waals surface area contributed by atoms with Gasteiger partial charge in [-0.25, -0.2) is 0 Å². The summed E-state index contributed by atoms with van der Waals surface area (Å²) in [6, 6.07) is 21.2. The topological polar surface area (TPSA) is 33.2 Å². The minimum Gasteiger partial charge on any atom is -0.304 e. The van der Waals surface area contributed by atoms with Crippen LogP contribution in [0.15, 0.2) is 79.1 Å². The van der Waals surface area contributed by atoms with Crippen molar-refractivity contribution in [3.05, 3.63) is 95.8 Å². The maximum absolute atomic E-state index is 13.0. The van der Waals surface area contributed by atoms with Gasteiger partial charge < -0.3 is 4.90 Å². The van der Waals surface area contributed by atoms with Crippen molar-refractivity contribution >= 4 is 11.6 Å². The number of benzene rings is 2. The molecule has 0 atom stereocenters. The van der Waals surface area contributed by atoms with E-state index in [1.54, 1.807) is 17.3 Å². The van der Waals surface area contributed by atoms with Gasteiger partial charge in [0.15, 0.2) is 0 Å². The van der Waals surface area contributed by atoms with Crippen molar-refractivity contribution in [1.29, 1.82) is 0 Å². The van der Waals surface area contributed by atoms with Crippen molar-refractivity contribution in [2.45, 2.75) is 13.5 Å². The fourth-order valence-electron chi connectivity index (χ4n) is 2.49. The maximum Gasteiger partial charge on any atom is 0.258 e. The van der Waals surface area contributed by atoms with Gasteiger partial charge in [0.1, 0.15) is 0 Å². The second-order valence-electron chi connectivity index (χ2n) is 5.46. The Morgan fingerprint density at radius 2 is 1.83 bits per heavy atom. The molecule has 0 saturated carbocycles. The van der Waals surface area contributed by atoms with Crippen LogP contribution in [0.2, 0.25) is 0 Å².